The predicted molar refractivity (Wildman–Crippen MR) is 84.1 cm³/mol. The molecule has 1 N–H and O–H groups in total. The molecular formula is C17H19N3O2. The zero-order valence-electron chi connectivity index (χ0n) is 12.5. The standard InChI is InChI=1S/C17H19N3O2/c1-13-11-18-9-10-20(13)17(21)14-7-8-16(19-12-14)22-15-5-3-2-4-6-15/h2-8,12-13,18H,9-11H2,1H3/t13-/m0/s1. The van der Waals surface area contributed by atoms with Crippen LogP contribution in [0.1, 0.15) is 17.3 Å². The van der Waals surface area contributed by atoms with E-state index in [-0.39, 0.29) is 11.9 Å². The van der Waals surface area contributed by atoms with Crippen molar-refractivity contribution >= 4 is 5.91 Å². The van der Waals surface area contributed by atoms with E-state index in [0.717, 1.165) is 25.4 Å². The number of para-hydroxylation sites is 1. The molecule has 2 aromatic rings. The number of carbonyl (C=O) groups excluding carboxylic acids is 1. The van der Waals surface area contributed by atoms with Gasteiger partial charge in [-0.3, -0.25) is 4.79 Å². The normalized spacial score (nSPS) is 18.0. The largest absolute Gasteiger partial charge is 0.439 e. The summed E-state index contributed by atoms with van der Waals surface area (Å²) in [6.45, 7) is 4.43. The summed E-state index contributed by atoms with van der Waals surface area (Å²) in [6, 6.07) is 13.2. The van der Waals surface area contributed by atoms with E-state index in [1.807, 2.05) is 42.2 Å². The van der Waals surface area contributed by atoms with Gasteiger partial charge in [0, 0.05) is 37.9 Å². The molecule has 1 aromatic heterocycles. The van der Waals surface area contributed by atoms with Crippen molar-refractivity contribution in [2.45, 2.75) is 13.0 Å². The van der Waals surface area contributed by atoms with Crippen LogP contribution in [0.4, 0.5) is 0 Å². The van der Waals surface area contributed by atoms with Crippen LogP contribution in [-0.2, 0) is 0 Å². The third kappa shape index (κ3) is 3.26. The monoisotopic (exact) mass is 297 g/mol. The highest BCUT2D eigenvalue weighted by atomic mass is 16.5. The summed E-state index contributed by atoms with van der Waals surface area (Å²) in [4.78, 5) is 18.6. The highest BCUT2D eigenvalue weighted by molar-refractivity contribution is 5.94. The molecule has 0 aliphatic carbocycles. The average Bonchev–Trinajstić information content (AvgIpc) is 2.56. The van der Waals surface area contributed by atoms with Gasteiger partial charge in [-0.25, -0.2) is 4.98 Å². The van der Waals surface area contributed by atoms with Gasteiger partial charge >= 0.3 is 0 Å². The molecule has 0 unspecified atom stereocenters. The van der Waals surface area contributed by atoms with Crippen molar-refractivity contribution in [1.29, 1.82) is 0 Å². The summed E-state index contributed by atoms with van der Waals surface area (Å²) < 4.78 is 5.63. The van der Waals surface area contributed by atoms with Crippen molar-refractivity contribution in [2.24, 2.45) is 0 Å². The zero-order chi connectivity index (χ0) is 15.4. The van der Waals surface area contributed by atoms with Crippen LogP contribution in [-0.4, -0.2) is 41.5 Å². The van der Waals surface area contributed by atoms with Gasteiger partial charge in [0.1, 0.15) is 5.75 Å². The smallest absolute Gasteiger partial charge is 0.255 e. The highest BCUT2D eigenvalue weighted by Gasteiger charge is 2.24. The van der Waals surface area contributed by atoms with Gasteiger partial charge in [0.25, 0.3) is 5.91 Å². The summed E-state index contributed by atoms with van der Waals surface area (Å²) in [5.41, 5.74) is 0.592. The number of pyridine rings is 1. The van der Waals surface area contributed by atoms with E-state index < -0.39 is 0 Å². The maximum absolute atomic E-state index is 12.5. The van der Waals surface area contributed by atoms with Crippen LogP contribution in [0.2, 0.25) is 0 Å². The number of rotatable bonds is 3. The summed E-state index contributed by atoms with van der Waals surface area (Å²) in [5, 5.41) is 3.28. The Hall–Kier alpha value is -2.40. The first-order chi connectivity index (χ1) is 10.7. The van der Waals surface area contributed by atoms with E-state index in [1.54, 1.807) is 18.3 Å². The van der Waals surface area contributed by atoms with E-state index in [9.17, 15) is 4.79 Å². The molecule has 1 aromatic carbocycles. The van der Waals surface area contributed by atoms with Gasteiger partial charge in [-0.05, 0) is 25.1 Å². The molecule has 114 valence electrons. The lowest BCUT2D eigenvalue weighted by atomic mass is 10.1. The van der Waals surface area contributed by atoms with Crippen LogP contribution in [0.5, 0.6) is 11.6 Å². The van der Waals surface area contributed by atoms with E-state index in [0.29, 0.717) is 11.4 Å². The van der Waals surface area contributed by atoms with E-state index in [1.165, 1.54) is 0 Å². The van der Waals surface area contributed by atoms with Crippen LogP contribution in [0.3, 0.4) is 0 Å². The minimum atomic E-state index is 0.0211. The van der Waals surface area contributed by atoms with Crippen molar-refractivity contribution in [3.05, 3.63) is 54.2 Å². The van der Waals surface area contributed by atoms with Gasteiger partial charge in [-0.15, -0.1) is 0 Å². The summed E-state index contributed by atoms with van der Waals surface area (Å²) in [5.74, 6) is 1.23. The van der Waals surface area contributed by atoms with Crippen molar-refractivity contribution < 1.29 is 9.53 Å². The highest BCUT2D eigenvalue weighted by Crippen LogP contribution is 2.19. The summed E-state index contributed by atoms with van der Waals surface area (Å²) in [6.07, 6.45) is 1.58. The lowest BCUT2D eigenvalue weighted by Crippen LogP contribution is -2.52. The number of nitrogens with one attached hydrogen (secondary N) is 1. The van der Waals surface area contributed by atoms with Crippen LogP contribution >= 0.6 is 0 Å². The molecule has 3 rings (SSSR count). The molecular weight excluding hydrogens is 278 g/mol. The summed E-state index contributed by atoms with van der Waals surface area (Å²) >= 11 is 0. The van der Waals surface area contributed by atoms with Crippen molar-refractivity contribution in [2.75, 3.05) is 19.6 Å². The first kappa shape index (κ1) is 14.5. The predicted octanol–water partition coefficient (Wildman–Crippen LogP) is 2.31. The minimum Gasteiger partial charge on any atom is -0.439 e. The Morgan fingerprint density at radius 1 is 1.27 bits per heavy atom. The Morgan fingerprint density at radius 2 is 2.09 bits per heavy atom. The Balaban J connectivity index is 1.69. The Labute approximate surface area is 129 Å². The number of hydrogen-bond donors (Lipinski definition) is 1. The molecule has 1 aliphatic rings. The molecule has 22 heavy (non-hydrogen) atoms. The van der Waals surface area contributed by atoms with Crippen molar-refractivity contribution in [1.82, 2.24) is 15.2 Å². The van der Waals surface area contributed by atoms with Crippen LogP contribution in [0.15, 0.2) is 48.7 Å². The molecule has 1 amide bonds. The Kier molecular flexibility index (Phi) is 4.34. The van der Waals surface area contributed by atoms with E-state index >= 15 is 0 Å². The average molecular weight is 297 g/mol. The minimum absolute atomic E-state index is 0.0211. The molecule has 0 saturated carbocycles. The molecule has 1 atom stereocenters. The second kappa shape index (κ2) is 6.58. The third-order valence-electron chi connectivity index (χ3n) is 3.71. The third-order valence-corrected chi connectivity index (χ3v) is 3.71. The van der Waals surface area contributed by atoms with E-state index in [4.69, 9.17) is 4.74 Å². The lowest BCUT2D eigenvalue weighted by Gasteiger charge is -2.33. The molecule has 0 radical (unpaired) electrons. The topological polar surface area (TPSA) is 54.5 Å². The first-order valence-electron chi connectivity index (χ1n) is 7.44. The Bertz CT molecular complexity index is 628. The first-order valence-corrected chi connectivity index (χ1v) is 7.44. The fraction of sp³-hybridized carbons (Fsp3) is 0.294. The number of carbonyl (C=O) groups is 1. The molecule has 1 aliphatic heterocycles. The molecule has 0 bridgehead atoms. The lowest BCUT2D eigenvalue weighted by molar-refractivity contribution is 0.0655. The number of amides is 1. The molecule has 2 heterocycles. The molecule has 5 heteroatoms. The van der Waals surface area contributed by atoms with Gasteiger partial charge in [0.05, 0.1) is 5.56 Å². The number of benzene rings is 1. The van der Waals surface area contributed by atoms with Gasteiger partial charge in [0.15, 0.2) is 0 Å². The maximum atomic E-state index is 12.5. The van der Waals surface area contributed by atoms with Gasteiger partial charge < -0.3 is 15.0 Å². The maximum Gasteiger partial charge on any atom is 0.255 e. The number of hydrogen-bond acceptors (Lipinski definition) is 4. The van der Waals surface area contributed by atoms with Crippen molar-refractivity contribution in [3.8, 4) is 11.6 Å². The van der Waals surface area contributed by atoms with Gasteiger partial charge in [-0.2, -0.15) is 0 Å². The molecule has 0 spiro atoms. The molecule has 1 saturated heterocycles. The van der Waals surface area contributed by atoms with Crippen LogP contribution < -0.4 is 10.1 Å². The second-order valence-corrected chi connectivity index (χ2v) is 5.35. The Morgan fingerprint density at radius 3 is 2.77 bits per heavy atom. The second-order valence-electron chi connectivity index (χ2n) is 5.35. The zero-order valence-corrected chi connectivity index (χ0v) is 12.5. The van der Waals surface area contributed by atoms with Gasteiger partial charge in [-0.1, -0.05) is 18.2 Å². The van der Waals surface area contributed by atoms with E-state index in [2.05, 4.69) is 10.3 Å². The fourth-order valence-corrected chi connectivity index (χ4v) is 2.49. The van der Waals surface area contributed by atoms with Crippen molar-refractivity contribution in [3.63, 3.8) is 0 Å². The quantitative estimate of drug-likeness (QED) is 0.944. The molecule has 1 fully saturated rings. The number of aromatic nitrogens is 1. The van der Waals surface area contributed by atoms with Crippen LogP contribution in [0, 0.1) is 0 Å². The number of ether oxygens (including phenoxy) is 1. The fourth-order valence-electron chi connectivity index (χ4n) is 2.49. The van der Waals surface area contributed by atoms with Gasteiger partial charge in [0.2, 0.25) is 5.88 Å². The SMILES string of the molecule is C[C@H]1CNCCN1C(=O)c1ccc(Oc2ccccc2)nc1. The van der Waals surface area contributed by atoms with Crippen LogP contribution in [0.25, 0.3) is 0 Å². The summed E-state index contributed by atoms with van der Waals surface area (Å²) in [7, 11) is 0. The number of piperazine rings is 1. The molecule has 5 nitrogen and oxygen atoms in total. The number of nitrogens with zero attached hydrogens (tertiary/aromatic N) is 2.